The van der Waals surface area contributed by atoms with Gasteiger partial charge in [0.05, 0.1) is 0 Å². The standard InChI is InChI=1S/C18H29.C5H10.Sn/c1-4-7-11-16-13-10-14-17(12-8-5-2)18(16)15-9-6-3;1-3-5-4-2;/h10,13H,4-9,11-12,15H2,1-3H3;1-5H2;. The van der Waals surface area contributed by atoms with E-state index in [0.29, 0.717) is 0 Å². The minimum absolute atomic E-state index is 1.31. The van der Waals surface area contributed by atoms with E-state index in [9.17, 15) is 0 Å². The van der Waals surface area contributed by atoms with Crippen molar-refractivity contribution in [3.8, 4) is 0 Å². The van der Waals surface area contributed by atoms with Crippen LogP contribution in [0.2, 0.25) is 8.87 Å². The van der Waals surface area contributed by atoms with E-state index < -0.39 is 19.8 Å². The number of aryl methyl sites for hydroxylation is 1. The second-order valence-corrected chi connectivity index (χ2v) is 15.5. The van der Waals surface area contributed by atoms with E-state index in [2.05, 4.69) is 32.9 Å². The first kappa shape index (κ1) is 20.3. The molecule has 0 N–H and O–H groups in total. The molecular weight excluding hydrogens is 395 g/mol. The Bertz CT molecular complexity index is 471. The van der Waals surface area contributed by atoms with Gasteiger partial charge in [0.15, 0.2) is 0 Å². The monoisotopic (exact) mass is 435 g/mol. The fourth-order valence-electron chi connectivity index (χ4n) is 4.23. The first-order chi connectivity index (χ1) is 11.8. The zero-order valence-electron chi connectivity index (χ0n) is 16.6. The molecule has 0 aliphatic carbocycles. The summed E-state index contributed by atoms with van der Waals surface area (Å²) < 4.78 is 5.20. The Kier molecular flexibility index (Phi) is 9.83. The van der Waals surface area contributed by atoms with Crippen molar-refractivity contribution in [1.29, 1.82) is 0 Å². The van der Waals surface area contributed by atoms with Gasteiger partial charge >= 0.3 is 159 Å². The summed E-state index contributed by atoms with van der Waals surface area (Å²) >= 11 is -1.31. The predicted octanol–water partition coefficient (Wildman–Crippen LogP) is 6.60. The van der Waals surface area contributed by atoms with Crippen LogP contribution in [0.5, 0.6) is 0 Å². The van der Waals surface area contributed by atoms with Gasteiger partial charge in [-0.3, -0.25) is 0 Å². The number of hydrogen-bond acceptors (Lipinski definition) is 0. The van der Waals surface area contributed by atoms with Crippen LogP contribution in [-0.2, 0) is 19.3 Å². The van der Waals surface area contributed by atoms with Gasteiger partial charge in [0.25, 0.3) is 0 Å². The predicted molar refractivity (Wildman–Crippen MR) is 111 cm³/mol. The second kappa shape index (κ2) is 11.6. The molecule has 135 valence electrons. The summed E-state index contributed by atoms with van der Waals surface area (Å²) in [6, 6.07) is 5.19. The Morgan fingerprint density at radius 3 is 1.92 bits per heavy atom. The van der Waals surface area contributed by atoms with Crippen LogP contribution >= 0.6 is 0 Å². The second-order valence-electron chi connectivity index (χ2n) is 7.70. The average Bonchev–Trinajstić information content (AvgIpc) is 2.63. The van der Waals surface area contributed by atoms with Crippen molar-refractivity contribution in [2.45, 2.75) is 107 Å². The molecule has 0 aromatic heterocycles. The number of rotatable bonds is 10. The van der Waals surface area contributed by atoms with Crippen LogP contribution in [0.4, 0.5) is 0 Å². The summed E-state index contributed by atoms with van der Waals surface area (Å²) in [6.45, 7) is 7.03. The molecular formula is C23H39Sn. The Labute approximate surface area is 158 Å². The molecule has 24 heavy (non-hydrogen) atoms. The number of benzene rings is 1. The van der Waals surface area contributed by atoms with Crippen molar-refractivity contribution < 1.29 is 0 Å². The Balaban J connectivity index is 2.36. The third-order valence-corrected chi connectivity index (χ3v) is 14.7. The van der Waals surface area contributed by atoms with Gasteiger partial charge < -0.3 is 0 Å². The normalized spacial score (nSPS) is 15.8. The Morgan fingerprint density at radius 1 is 0.708 bits per heavy atom. The van der Waals surface area contributed by atoms with E-state index in [4.69, 9.17) is 0 Å². The SMILES string of the molecule is CCCCc1cc[c]([Sn]2[CH2]CCC[CH2]2)c(CCCC)c1CCCC. The minimum atomic E-state index is -1.31. The van der Waals surface area contributed by atoms with Crippen LogP contribution in [-0.4, -0.2) is 19.8 Å². The van der Waals surface area contributed by atoms with Crippen molar-refractivity contribution >= 4 is 23.3 Å². The Hall–Kier alpha value is 0.0187. The molecule has 2 rings (SSSR count). The van der Waals surface area contributed by atoms with E-state index in [0.717, 1.165) is 0 Å². The molecule has 1 aromatic carbocycles. The maximum absolute atomic E-state index is 2.63. The van der Waals surface area contributed by atoms with Crippen molar-refractivity contribution in [3.05, 3.63) is 28.8 Å². The molecule has 1 radical (unpaired) electrons. The summed E-state index contributed by atoms with van der Waals surface area (Å²) in [5.41, 5.74) is 5.39. The zero-order chi connectivity index (χ0) is 17.2. The molecule has 0 atom stereocenters. The van der Waals surface area contributed by atoms with Crippen molar-refractivity contribution in [3.63, 3.8) is 0 Å². The van der Waals surface area contributed by atoms with Gasteiger partial charge in [0, 0.05) is 0 Å². The molecule has 1 aromatic rings. The van der Waals surface area contributed by atoms with Gasteiger partial charge in [-0.1, -0.05) is 0 Å². The topological polar surface area (TPSA) is 0 Å². The van der Waals surface area contributed by atoms with Crippen molar-refractivity contribution in [1.82, 2.24) is 0 Å². The van der Waals surface area contributed by atoms with E-state index in [-0.39, 0.29) is 0 Å². The molecule has 0 unspecified atom stereocenters. The van der Waals surface area contributed by atoms with E-state index in [1.807, 2.05) is 14.7 Å². The molecule has 0 saturated carbocycles. The summed E-state index contributed by atoms with van der Waals surface area (Å²) in [5, 5.41) is 0. The first-order valence-electron chi connectivity index (χ1n) is 10.8. The van der Waals surface area contributed by atoms with Gasteiger partial charge in [-0.2, -0.15) is 0 Å². The first-order valence-corrected chi connectivity index (χ1v) is 16.3. The molecule has 0 amide bonds. The fourth-order valence-corrected chi connectivity index (χ4v) is 13.3. The van der Waals surface area contributed by atoms with Gasteiger partial charge in [-0.25, -0.2) is 0 Å². The number of hydrogen-bond donors (Lipinski definition) is 0. The quantitative estimate of drug-likeness (QED) is 0.364. The molecule has 1 aliphatic rings. The van der Waals surface area contributed by atoms with E-state index >= 15 is 0 Å². The third kappa shape index (κ3) is 5.78. The molecule has 1 fully saturated rings. The van der Waals surface area contributed by atoms with Crippen LogP contribution < -0.4 is 3.58 Å². The van der Waals surface area contributed by atoms with Gasteiger partial charge in [0.1, 0.15) is 0 Å². The summed E-state index contributed by atoms with van der Waals surface area (Å²) in [4.78, 5) is 0. The molecule has 1 aliphatic heterocycles. The van der Waals surface area contributed by atoms with Crippen LogP contribution in [0.1, 0.15) is 95.2 Å². The van der Waals surface area contributed by atoms with E-state index in [1.54, 1.807) is 14.4 Å². The van der Waals surface area contributed by atoms with Crippen molar-refractivity contribution in [2.75, 3.05) is 0 Å². The summed E-state index contributed by atoms with van der Waals surface area (Å²) in [5.74, 6) is 0. The fraction of sp³-hybridized carbons (Fsp3) is 0.739. The van der Waals surface area contributed by atoms with Gasteiger partial charge in [-0.05, 0) is 0 Å². The van der Waals surface area contributed by atoms with Crippen LogP contribution in [0.25, 0.3) is 0 Å². The van der Waals surface area contributed by atoms with Crippen LogP contribution in [0, 0.1) is 0 Å². The van der Waals surface area contributed by atoms with Crippen LogP contribution in [0.3, 0.4) is 0 Å². The van der Waals surface area contributed by atoms with Gasteiger partial charge in [-0.15, -0.1) is 0 Å². The number of unbranched alkanes of at least 4 members (excludes halogenated alkanes) is 3. The summed E-state index contributed by atoms with van der Waals surface area (Å²) in [6.07, 6.45) is 16.7. The molecule has 0 bridgehead atoms. The molecule has 1 saturated heterocycles. The third-order valence-electron chi connectivity index (χ3n) is 5.73. The van der Waals surface area contributed by atoms with Crippen molar-refractivity contribution in [2.24, 2.45) is 0 Å². The van der Waals surface area contributed by atoms with E-state index in [1.165, 1.54) is 77.0 Å². The summed E-state index contributed by atoms with van der Waals surface area (Å²) in [7, 11) is 0. The molecule has 0 nitrogen and oxygen atoms in total. The molecule has 1 heterocycles. The van der Waals surface area contributed by atoms with Crippen LogP contribution in [0.15, 0.2) is 12.1 Å². The van der Waals surface area contributed by atoms with Gasteiger partial charge in [0.2, 0.25) is 0 Å². The molecule has 0 spiro atoms. The Morgan fingerprint density at radius 2 is 1.29 bits per heavy atom. The zero-order valence-corrected chi connectivity index (χ0v) is 19.4. The maximum atomic E-state index is 2.63. The average molecular weight is 434 g/mol. The molecule has 1 heteroatoms.